The van der Waals surface area contributed by atoms with E-state index in [4.69, 9.17) is 9.97 Å². The predicted octanol–water partition coefficient (Wildman–Crippen LogP) is 10.3. The number of rotatable bonds is 3. The van der Waals surface area contributed by atoms with Crippen LogP contribution in [0.5, 0.6) is 0 Å². The van der Waals surface area contributed by atoms with E-state index in [-0.39, 0.29) is 0 Å². The van der Waals surface area contributed by atoms with Gasteiger partial charge in [0.15, 0.2) is 5.82 Å². The minimum Gasteiger partial charge on any atom is -0.334 e. The zero-order valence-electron chi connectivity index (χ0n) is 24.4. The van der Waals surface area contributed by atoms with Crippen LogP contribution in [0.3, 0.4) is 0 Å². The molecule has 0 amide bonds. The van der Waals surface area contributed by atoms with Crippen LogP contribution in [0, 0.1) is 0 Å². The highest BCUT2D eigenvalue weighted by atomic mass is 32.1. The third-order valence-corrected chi connectivity index (χ3v) is 11.0. The summed E-state index contributed by atoms with van der Waals surface area (Å²) in [6.07, 6.45) is 7.71. The van der Waals surface area contributed by atoms with E-state index in [1.165, 1.54) is 54.4 Å². The van der Waals surface area contributed by atoms with E-state index in [2.05, 4.69) is 143 Å². The maximum Gasteiger partial charge on any atom is 0.159 e. The van der Waals surface area contributed by atoms with Crippen LogP contribution >= 0.6 is 11.3 Å². The number of fused-ring (bicyclic) bond motifs is 9. The highest BCUT2D eigenvalue weighted by Gasteiger charge is 2.40. The Labute approximate surface area is 264 Å². The van der Waals surface area contributed by atoms with Gasteiger partial charge >= 0.3 is 0 Å². The van der Waals surface area contributed by atoms with Crippen molar-refractivity contribution in [2.45, 2.75) is 24.3 Å². The molecular formula is C40H28N4S. The lowest BCUT2D eigenvalue weighted by Crippen LogP contribution is -2.31. The summed E-state index contributed by atoms with van der Waals surface area (Å²) in [4.78, 5) is 12.1. The Morgan fingerprint density at radius 1 is 0.667 bits per heavy atom. The van der Waals surface area contributed by atoms with Crippen LogP contribution in [0.2, 0.25) is 0 Å². The molecule has 3 unspecified atom stereocenters. The van der Waals surface area contributed by atoms with Gasteiger partial charge in [0.2, 0.25) is 0 Å². The molecule has 2 aliphatic rings. The number of para-hydroxylation sites is 3. The maximum absolute atomic E-state index is 4.89. The Morgan fingerprint density at radius 3 is 2.38 bits per heavy atom. The molecule has 1 aliphatic heterocycles. The van der Waals surface area contributed by atoms with E-state index < -0.39 is 0 Å². The molecule has 0 saturated heterocycles. The number of aromatic nitrogens is 3. The van der Waals surface area contributed by atoms with Gasteiger partial charge < -0.3 is 4.90 Å². The van der Waals surface area contributed by atoms with Crippen molar-refractivity contribution < 1.29 is 0 Å². The van der Waals surface area contributed by atoms with Crippen LogP contribution in [0.15, 0.2) is 140 Å². The summed E-state index contributed by atoms with van der Waals surface area (Å²) in [6, 6.07) is 44.5. The summed E-state index contributed by atoms with van der Waals surface area (Å²) in [7, 11) is 0. The van der Waals surface area contributed by atoms with Gasteiger partial charge in [-0.1, -0.05) is 91.0 Å². The van der Waals surface area contributed by atoms with E-state index in [9.17, 15) is 0 Å². The van der Waals surface area contributed by atoms with Crippen LogP contribution in [0.25, 0.3) is 47.9 Å². The minimum absolute atomic E-state index is 0.327. The molecule has 8 aromatic rings. The highest BCUT2D eigenvalue weighted by Crippen LogP contribution is 2.52. The van der Waals surface area contributed by atoms with Crippen LogP contribution in [0.1, 0.15) is 29.4 Å². The van der Waals surface area contributed by atoms with Crippen LogP contribution in [0.4, 0.5) is 11.4 Å². The molecule has 0 radical (unpaired) electrons. The molecule has 214 valence electrons. The maximum atomic E-state index is 4.89. The zero-order valence-corrected chi connectivity index (χ0v) is 25.2. The van der Waals surface area contributed by atoms with Gasteiger partial charge in [0.1, 0.15) is 6.33 Å². The number of allylic oxidation sites excluding steroid dienone is 1. The van der Waals surface area contributed by atoms with Gasteiger partial charge in [0.05, 0.1) is 27.3 Å². The molecule has 4 heterocycles. The van der Waals surface area contributed by atoms with E-state index in [0.29, 0.717) is 17.9 Å². The third-order valence-electron chi connectivity index (χ3n) is 9.86. The number of benzene rings is 5. The summed E-state index contributed by atoms with van der Waals surface area (Å²) < 4.78 is 4.69. The molecule has 0 fully saturated rings. The van der Waals surface area contributed by atoms with Crippen LogP contribution < -0.4 is 4.90 Å². The Hall–Kier alpha value is -5.26. The van der Waals surface area contributed by atoms with Gasteiger partial charge in [-0.05, 0) is 60.0 Å². The standard InChI is InChI=1S/C40H28N4S/c1-2-10-27(11-3-1)43-33-15-7-4-12-28(33)31-22-25(18-20-35(31)43)26-19-21-36-32(23-26)29-13-5-8-16-34(29)44(36)40-39-38(41-24-42-40)30-14-6-9-17-37(30)45-39/h1-21,23-25,31,35H,22H2. The first-order chi connectivity index (χ1) is 22.3. The van der Waals surface area contributed by atoms with Crippen LogP contribution in [-0.4, -0.2) is 20.6 Å². The third kappa shape index (κ3) is 3.65. The van der Waals surface area contributed by atoms with E-state index in [1.54, 1.807) is 17.7 Å². The normalized spacial score (nSPS) is 19.1. The molecule has 3 aromatic heterocycles. The molecule has 4 nitrogen and oxygen atoms in total. The average Bonchev–Trinajstić information content (AvgIpc) is 3.76. The SMILES string of the molecule is C1=CC2C(CC1c1ccc3c(c1)c1ccccc1n3-c1ncnc3c1sc1ccccc13)c1ccccc1N2c1ccccc1. The van der Waals surface area contributed by atoms with Crippen LogP contribution in [-0.2, 0) is 0 Å². The molecule has 10 rings (SSSR count). The molecule has 0 bridgehead atoms. The molecule has 3 atom stereocenters. The molecule has 45 heavy (non-hydrogen) atoms. The fourth-order valence-electron chi connectivity index (χ4n) is 7.90. The Kier molecular flexibility index (Phi) is 5.37. The van der Waals surface area contributed by atoms with E-state index in [0.717, 1.165) is 22.5 Å². The fraction of sp³-hybridized carbons (Fsp3) is 0.100. The molecular weight excluding hydrogens is 569 g/mol. The Bertz CT molecular complexity index is 2450. The second-order valence-electron chi connectivity index (χ2n) is 12.2. The first kappa shape index (κ1) is 25.1. The predicted molar refractivity (Wildman–Crippen MR) is 187 cm³/mol. The van der Waals surface area contributed by atoms with Crippen molar-refractivity contribution in [3.8, 4) is 5.82 Å². The molecule has 0 saturated carbocycles. The van der Waals surface area contributed by atoms with Gasteiger partial charge in [0, 0.05) is 44.1 Å². The van der Waals surface area contributed by atoms with E-state index >= 15 is 0 Å². The molecule has 1 aliphatic carbocycles. The summed E-state index contributed by atoms with van der Waals surface area (Å²) in [5.74, 6) is 1.73. The summed E-state index contributed by atoms with van der Waals surface area (Å²) in [5, 5.41) is 3.71. The lowest BCUT2D eigenvalue weighted by atomic mass is 9.78. The topological polar surface area (TPSA) is 34.0 Å². The van der Waals surface area contributed by atoms with Crippen molar-refractivity contribution >= 4 is 64.8 Å². The monoisotopic (exact) mass is 596 g/mol. The summed E-state index contributed by atoms with van der Waals surface area (Å²) in [5.41, 5.74) is 8.78. The average molecular weight is 597 g/mol. The van der Waals surface area contributed by atoms with Crippen molar-refractivity contribution in [1.29, 1.82) is 0 Å². The lowest BCUT2D eigenvalue weighted by molar-refractivity contribution is 0.533. The Balaban J connectivity index is 1.11. The number of anilines is 2. The zero-order chi connectivity index (χ0) is 29.5. The second kappa shape index (κ2) is 9.62. The second-order valence-corrected chi connectivity index (χ2v) is 13.2. The highest BCUT2D eigenvalue weighted by molar-refractivity contribution is 7.26. The Morgan fingerprint density at radius 2 is 1.44 bits per heavy atom. The summed E-state index contributed by atoms with van der Waals surface area (Å²) in [6.45, 7) is 0. The lowest BCUT2D eigenvalue weighted by Gasteiger charge is -2.33. The van der Waals surface area contributed by atoms with Crippen molar-refractivity contribution in [1.82, 2.24) is 14.5 Å². The van der Waals surface area contributed by atoms with Gasteiger partial charge in [-0.15, -0.1) is 11.3 Å². The van der Waals surface area contributed by atoms with E-state index in [1.807, 2.05) is 0 Å². The molecule has 5 aromatic carbocycles. The summed E-state index contributed by atoms with van der Waals surface area (Å²) >= 11 is 1.77. The van der Waals surface area contributed by atoms with Crippen molar-refractivity contribution in [2.24, 2.45) is 0 Å². The largest absolute Gasteiger partial charge is 0.334 e. The minimum atomic E-state index is 0.327. The van der Waals surface area contributed by atoms with Gasteiger partial charge in [0.25, 0.3) is 0 Å². The number of nitrogens with zero attached hydrogens (tertiary/aromatic N) is 4. The number of hydrogen-bond donors (Lipinski definition) is 0. The number of hydrogen-bond acceptors (Lipinski definition) is 4. The van der Waals surface area contributed by atoms with Crippen molar-refractivity contribution in [3.05, 3.63) is 151 Å². The fourth-order valence-corrected chi connectivity index (χ4v) is 9.03. The van der Waals surface area contributed by atoms with Gasteiger partial charge in [-0.2, -0.15) is 0 Å². The smallest absolute Gasteiger partial charge is 0.159 e. The molecule has 5 heteroatoms. The first-order valence-corrected chi connectivity index (χ1v) is 16.4. The van der Waals surface area contributed by atoms with Gasteiger partial charge in [-0.25, -0.2) is 9.97 Å². The van der Waals surface area contributed by atoms with Crippen molar-refractivity contribution in [2.75, 3.05) is 4.90 Å². The van der Waals surface area contributed by atoms with Gasteiger partial charge in [-0.3, -0.25) is 4.57 Å². The molecule has 0 N–H and O–H groups in total. The molecule has 0 spiro atoms. The quantitative estimate of drug-likeness (QED) is 0.190. The van der Waals surface area contributed by atoms with Crippen molar-refractivity contribution in [3.63, 3.8) is 0 Å². The number of thiophene rings is 1. The first-order valence-electron chi connectivity index (χ1n) is 15.6.